The van der Waals surface area contributed by atoms with Crippen LogP contribution in [0.4, 0.5) is 0 Å². The number of thiazole rings is 1. The van der Waals surface area contributed by atoms with E-state index in [4.69, 9.17) is 0 Å². The number of piperidine rings is 1. The van der Waals surface area contributed by atoms with Crippen LogP contribution in [-0.4, -0.2) is 22.6 Å². The molecule has 114 valence electrons. The molecule has 3 nitrogen and oxygen atoms in total. The monoisotopic (exact) mass is 311 g/mol. The van der Waals surface area contributed by atoms with E-state index in [1.165, 1.54) is 58.6 Å². The van der Waals surface area contributed by atoms with Crippen molar-refractivity contribution >= 4 is 22.2 Å². The Morgan fingerprint density at radius 3 is 3.09 bits per heavy atom. The second-order valence-electron chi connectivity index (χ2n) is 6.05. The van der Waals surface area contributed by atoms with Crippen LogP contribution in [0.2, 0.25) is 0 Å². The summed E-state index contributed by atoms with van der Waals surface area (Å²) in [7, 11) is 0. The minimum Gasteiger partial charge on any atom is -0.361 e. The van der Waals surface area contributed by atoms with Crippen molar-refractivity contribution in [3.8, 4) is 10.4 Å². The van der Waals surface area contributed by atoms with E-state index < -0.39 is 0 Å². The predicted octanol–water partition coefficient (Wildman–Crippen LogP) is 4.37. The summed E-state index contributed by atoms with van der Waals surface area (Å²) in [6.07, 6.45) is 10.5. The average molecular weight is 311 g/mol. The Labute approximate surface area is 134 Å². The molecule has 3 heterocycles. The smallest absolute Gasteiger partial charge is 0.0931 e. The van der Waals surface area contributed by atoms with Crippen molar-refractivity contribution < 1.29 is 0 Å². The van der Waals surface area contributed by atoms with E-state index in [1.54, 1.807) is 0 Å². The summed E-state index contributed by atoms with van der Waals surface area (Å²) >= 11 is 1.84. The number of rotatable bonds is 4. The average Bonchev–Trinajstić information content (AvgIpc) is 3.20. The predicted molar refractivity (Wildman–Crippen MR) is 93.4 cm³/mol. The number of nitrogens with zero attached hydrogens (tertiary/aromatic N) is 1. The molecule has 0 aliphatic carbocycles. The zero-order valence-electron chi connectivity index (χ0n) is 12.6. The summed E-state index contributed by atoms with van der Waals surface area (Å²) in [5.41, 5.74) is 2.47. The van der Waals surface area contributed by atoms with Crippen molar-refractivity contribution in [1.82, 2.24) is 15.3 Å². The maximum absolute atomic E-state index is 4.64. The highest BCUT2D eigenvalue weighted by Gasteiger charge is 2.14. The van der Waals surface area contributed by atoms with Crippen molar-refractivity contribution in [2.24, 2.45) is 0 Å². The molecule has 0 bridgehead atoms. The van der Waals surface area contributed by atoms with Crippen LogP contribution in [0.5, 0.6) is 0 Å². The Bertz CT molecular complexity index is 752. The molecule has 1 atom stereocenters. The second-order valence-corrected chi connectivity index (χ2v) is 7.17. The lowest BCUT2D eigenvalue weighted by atomic mass is 10.0. The maximum atomic E-state index is 4.64. The van der Waals surface area contributed by atoms with Gasteiger partial charge >= 0.3 is 0 Å². The van der Waals surface area contributed by atoms with Crippen LogP contribution in [0.15, 0.2) is 36.7 Å². The van der Waals surface area contributed by atoms with Gasteiger partial charge in [0.05, 0.1) is 9.88 Å². The van der Waals surface area contributed by atoms with Crippen molar-refractivity contribution in [3.05, 3.63) is 41.7 Å². The number of hydrogen-bond acceptors (Lipinski definition) is 3. The fourth-order valence-electron chi connectivity index (χ4n) is 3.29. The highest BCUT2D eigenvalue weighted by molar-refractivity contribution is 7.15. The topological polar surface area (TPSA) is 40.7 Å². The molecule has 1 aliphatic rings. The SMILES string of the molecule is c1ccc2c(-c3cnc(CCC4CCCCN4)s3)c[nH]c2c1. The molecule has 1 fully saturated rings. The van der Waals surface area contributed by atoms with E-state index >= 15 is 0 Å². The zero-order valence-corrected chi connectivity index (χ0v) is 13.5. The van der Waals surface area contributed by atoms with Gasteiger partial charge in [-0.05, 0) is 31.9 Å². The fourth-order valence-corrected chi connectivity index (χ4v) is 4.26. The summed E-state index contributed by atoms with van der Waals surface area (Å²) in [4.78, 5) is 9.26. The third-order valence-electron chi connectivity index (χ3n) is 4.53. The molecule has 0 saturated carbocycles. The van der Waals surface area contributed by atoms with Crippen LogP contribution < -0.4 is 5.32 Å². The van der Waals surface area contributed by atoms with Crippen molar-refractivity contribution in [1.29, 1.82) is 0 Å². The van der Waals surface area contributed by atoms with Gasteiger partial charge in [0.25, 0.3) is 0 Å². The number of aromatic nitrogens is 2. The quantitative estimate of drug-likeness (QED) is 0.751. The number of aromatic amines is 1. The van der Waals surface area contributed by atoms with Crippen molar-refractivity contribution in [3.63, 3.8) is 0 Å². The van der Waals surface area contributed by atoms with Gasteiger partial charge in [-0.3, -0.25) is 0 Å². The zero-order chi connectivity index (χ0) is 14.8. The molecule has 0 radical (unpaired) electrons. The third-order valence-corrected chi connectivity index (χ3v) is 5.62. The lowest BCUT2D eigenvalue weighted by Crippen LogP contribution is -2.34. The molecule has 2 aromatic heterocycles. The van der Waals surface area contributed by atoms with Crippen LogP contribution in [0.25, 0.3) is 21.3 Å². The van der Waals surface area contributed by atoms with E-state index in [9.17, 15) is 0 Å². The van der Waals surface area contributed by atoms with Gasteiger partial charge in [-0.1, -0.05) is 24.6 Å². The number of fused-ring (bicyclic) bond motifs is 1. The summed E-state index contributed by atoms with van der Waals surface area (Å²) in [6, 6.07) is 9.14. The highest BCUT2D eigenvalue weighted by Crippen LogP contribution is 2.32. The molecule has 0 spiro atoms. The second kappa shape index (κ2) is 6.23. The summed E-state index contributed by atoms with van der Waals surface area (Å²) in [6.45, 7) is 1.18. The van der Waals surface area contributed by atoms with Gasteiger partial charge in [-0.2, -0.15) is 0 Å². The van der Waals surface area contributed by atoms with E-state index in [0.717, 1.165) is 6.42 Å². The molecule has 1 saturated heterocycles. The van der Waals surface area contributed by atoms with E-state index in [0.29, 0.717) is 6.04 Å². The van der Waals surface area contributed by atoms with Crippen molar-refractivity contribution in [2.75, 3.05) is 6.54 Å². The fraction of sp³-hybridized carbons (Fsp3) is 0.389. The number of aryl methyl sites for hydroxylation is 1. The third kappa shape index (κ3) is 2.81. The van der Waals surface area contributed by atoms with Gasteiger partial charge in [-0.15, -0.1) is 11.3 Å². The molecule has 4 rings (SSSR count). The highest BCUT2D eigenvalue weighted by atomic mass is 32.1. The molecule has 4 heteroatoms. The van der Waals surface area contributed by atoms with Gasteiger partial charge in [0, 0.05) is 41.3 Å². The molecule has 3 aromatic rings. The first-order chi connectivity index (χ1) is 10.9. The summed E-state index contributed by atoms with van der Waals surface area (Å²) in [5.74, 6) is 0. The largest absolute Gasteiger partial charge is 0.361 e. The van der Waals surface area contributed by atoms with Crippen molar-refractivity contribution in [2.45, 2.75) is 38.1 Å². The van der Waals surface area contributed by atoms with Gasteiger partial charge < -0.3 is 10.3 Å². The van der Waals surface area contributed by atoms with Crippen LogP contribution in [0.1, 0.15) is 30.7 Å². The number of para-hydroxylation sites is 1. The molecule has 1 unspecified atom stereocenters. The first-order valence-electron chi connectivity index (χ1n) is 8.15. The number of hydrogen-bond donors (Lipinski definition) is 2. The van der Waals surface area contributed by atoms with Crippen LogP contribution in [-0.2, 0) is 6.42 Å². The normalized spacial score (nSPS) is 18.8. The molecular weight excluding hydrogens is 290 g/mol. The number of nitrogens with one attached hydrogen (secondary N) is 2. The Balaban J connectivity index is 1.49. The standard InChI is InChI=1S/C18H21N3S/c1-2-7-16-14(6-1)15(11-20-16)17-12-21-18(22-17)9-8-13-5-3-4-10-19-13/h1-2,6-7,11-13,19-20H,3-5,8-10H2. The van der Waals surface area contributed by atoms with E-state index in [2.05, 4.69) is 45.7 Å². The van der Waals surface area contributed by atoms with E-state index in [-0.39, 0.29) is 0 Å². The van der Waals surface area contributed by atoms with Crippen LogP contribution in [0, 0.1) is 0 Å². The number of H-pyrrole nitrogens is 1. The van der Waals surface area contributed by atoms with Gasteiger partial charge in [-0.25, -0.2) is 4.98 Å². The van der Waals surface area contributed by atoms with Gasteiger partial charge in [0.15, 0.2) is 0 Å². The summed E-state index contributed by atoms with van der Waals surface area (Å²) in [5, 5.41) is 6.16. The lowest BCUT2D eigenvalue weighted by Gasteiger charge is -2.22. The minimum atomic E-state index is 0.689. The molecule has 1 aromatic carbocycles. The first-order valence-corrected chi connectivity index (χ1v) is 8.96. The Hall–Kier alpha value is -1.65. The van der Waals surface area contributed by atoms with Gasteiger partial charge in [0.2, 0.25) is 0 Å². The molecule has 0 amide bonds. The Morgan fingerprint density at radius 2 is 2.18 bits per heavy atom. The first kappa shape index (κ1) is 14.0. The maximum Gasteiger partial charge on any atom is 0.0931 e. The summed E-state index contributed by atoms with van der Waals surface area (Å²) < 4.78 is 0. The molecule has 1 aliphatic heterocycles. The molecule has 2 N–H and O–H groups in total. The lowest BCUT2D eigenvalue weighted by molar-refractivity contribution is 0.382. The minimum absolute atomic E-state index is 0.689. The molecule has 22 heavy (non-hydrogen) atoms. The van der Waals surface area contributed by atoms with Gasteiger partial charge in [0.1, 0.15) is 0 Å². The Morgan fingerprint density at radius 1 is 1.23 bits per heavy atom. The number of benzene rings is 1. The van der Waals surface area contributed by atoms with E-state index in [1.807, 2.05) is 17.5 Å². The Kier molecular flexibility index (Phi) is 3.95. The van der Waals surface area contributed by atoms with Crippen LogP contribution in [0.3, 0.4) is 0 Å². The molecular formula is C18H21N3S. The van der Waals surface area contributed by atoms with Crippen LogP contribution >= 0.6 is 11.3 Å².